The number of benzene rings is 2. The Labute approximate surface area is 132 Å². The van der Waals surface area contributed by atoms with Gasteiger partial charge in [-0.15, -0.1) is 0 Å². The highest BCUT2D eigenvalue weighted by Gasteiger charge is 2.07. The minimum Gasteiger partial charge on any atom is -0.496 e. The van der Waals surface area contributed by atoms with Crippen molar-refractivity contribution in [2.45, 2.75) is 13.2 Å². The van der Waals surface area contributed by atoms with Crippen LogP contribution in [0.2, 0.25) is 0 Å². The molecule has 23 heavy (non-hydrogen) atoms. The molecule has 0 atom stereocenters. The van der Waals surface area contributed by atoms with Crippen LogP contribution in [0.5, 0.6) is 11.5 Å². The number of alkyl halides is 2. The molecule has 0 heterocycles. The average molecular weight is 322 g/mol. The van der Waals surface area contributed by atoms with Gasteiger partial charge in [-0.25, -0.2) is 4.79 Å². The lowest BCUT2D eigenvalue weighted by Crippen LogP contribution is -2.28. The van der Waals surface area contributed by atoms with Crippen LogP contribution in [0, 0.1) is 0 Å². The third-order valence-electron chi connectivity index (χ3n) is 2.97. The first-order valence-electron chi connectivity index (χ1n) is 6.80. The first-order valence-corrected chi connectivity index (χ1v) is 6.80. The van der Waals surface area contributed by atoms with Gasteiger partial charge >= 0.3 is 12.6 Å². The van der Waals surface area contributed by atoms with Crippen molar-refractivity contribution in [1.29, 1.82) is 0 Å². The second-order valence-electron chi connectivity index (χ2n) is 4.52. The molecule has 0 saturated heterocycles. The number of methoxy groups -OCH3 is 1. The second-order valence-corrected chi connectivity index (χ2v) is 4.52. The predicted molar refractivity (Wildman–Crippen MR) is 81.9 cm³/mol. The van der Waals surface area contributed by atoms with Crippen molar-refractivity contribution in [3.8, 4) is 11.5 Å². The van der Waals surface area contributed by atoms with Crippen LogP contribution in [0.15, 0.2) is 48.5 Å². The summed E-state index contributed by atoms with van der Waals surface area (Å²) in [7, 11) is 1.56. The molecule has 2 N–H and O–H groups in total. The lowest BCUT2D eigenvalue weighted by Gasteiger charge is -2.11. The SMILES string of the molecule is COc1ccccc1CNC(=O)Nc1ccc(OC(F)F)cc1. The summed E-state index contributed by atoms with van der Waals surface area (Å²) in [6.07, 6.45) is 0. The van der Waals surface area contributed by atoms with Gasteiger partial charge < -0.3 is 20.1 Å². The highest BCUT2D eigenvalue weighted by Crippen LogP contribution is 2.18. The quantitative estimate of drug-likeness (QED) is 0.854. The molecule has 0 fully saturated rings. The first-order chi connectivity index (χ1) is 11.1. The number of rotatable bonds is 6. The van der Waals surface area contributed by atoms with Crippen LogP contribution in [0.25, 0.3) is 0 Å². The molecule has 0 aliphatic rings. The van der Waals surface area contributed by atoms with Crippen molar-refractivity contribution in [3.63, 3.8) is 0 Å². The molecular formula is C16H16F2N2O3. The van der Waals surface area contributed by atoms with E-state index in [4.69, 9.17) is 4.74 Å². The largest absolute Gasteiger partial charge is 0.496 e. The monoisotopic (exact) mass is 322 g/mol. The van der Waals surface area contributed by atoms with Gasteiger partial charge in [0.25, 0.3) is 0 Å². The van der Waals surface area contributed by atoms with Gasteiger partial charge in [0, 0.05) is 17.8 Å². The number of hydrogen-bond donors (Lipinski definition) is 2. The van der Waals surface area contributed by atoms with E-state index in [1.165, 1.54) is 24.3 Å². The lowest BCUT2D eigenvalue weighted by atomic mass is 10.2. The van der Waals surface area contributed by atoms with E-state index in [2.05, 4.69) is 15.4 Å². The topological polar surface area (TPSA) is 59.6 Å². The molecule has 0 radical (unpaired) electrons. The number of urea groups is 1. The van der Waals surface area contributed by atoms with Crippen molar-refractivity contribution in [3.05, 3.63) is 54.1 Å². The number of carbonyl (C=O) groups excluding carboxylic acids is 1. The molecule has 2 aromatic carbocycles. The molecule has 7 heteroatoms. The molecule has 0 spiro atoms. The highest BCUT2D eigenvalue weighted by atomic mass is 19.3. The van der Waals surface area contributed by atoms with Crippen molar-refractivity contribution in [2.75, 3.05) is 12.4 Å². The van der Waals surface area contributed by atoms with Gasteiger partial charge in [0.2, 0.25) is 0 Å². The van der Waals surface area contributed by atoms with Crippen molar-refractivity contribution in [2.24, 2.45) is 0 Å². The maximum absolute atomic E-state index is 12.0. The summed E-state index contributed by atoms with van der Waals surface area (Å²) in [6.45, 7) is -2.58. The van der Waals surface area contributed by atoms with Crippen LogP contribution < -0.4 is 20.1 Å². The summed E-state index contributed by atoms with van der Waals surface area (Å²) in [6, 6.07) is 12.6. The van der Waals surface area contributed by atoms with Gasteiger partial charge in [-0.3, -0.25) is 0 Å². The molecule has 0 saturated carbocycles. The van der Waals surface area contributed by atoms with Crippen LogP contribution in [0.1, 0.15) is 5.56 Å². The van der Waals surface area contributed by atoms with Crippen molar-refractivity contribution >= 4 is 11.7 Å². The Morgan fingerprint density at radius 2 is 1.83 bits per heavy atom. The number of carbonyl (C=O) groups is 1. The molecule has 0 bridgehead atoms. The molecule has 5 nitrogen and oxygen atoms in total. The lowest BCUT2D eigenvalue weighted by molar-refractivity contribution is -0.0498. The molecule has 0 aliphatic carbocycles. The van der Waals surface area contributed by atoms with Crippen LogP contribution in [-0.4, -0.2) is 19.8 Å². The smallest absolute Gasteiger partial charge is 0.387 e. The molecule has 0 aliphatic heterocycles. The van der Waals surface area contributed by atoms with Gasteiger partial charge in [-0.2, -0.15) is 8.78 Å². The fourth-order valence-electron chi connectivity index (χ4n) is 1.92. The van der Waals surface area contributed by atoms with E-state index in [1.807, 2.05) is 18.2 Å². The predicted octanol–water partition coefficient (Wildman–Crippen LogP) is 3.62. The van der Waals surface area contributed by atoms with Gasteiger partial charge in [-0.05, 0) is 30.3 Å². The second kappa shape index (κ2) is 7.98. The normalized spacial score (nSPS) is 10.3. The first kappa shape index (κ1) is 16.5. The minimum absolute atomic E-state index is 0.0278. The molecular weight excluding hydrogens is 306 g/mol. The zero-order valence-corrected chi connectivity index (χ0v) is 12.4. The van der Waals surface area contributed by atoms with Crippen molar-refractivity contribution in [1.82, 2.24) is 5.32 Å². The fraction of sp³-hybridized carbons (Fsp3) is 0.188. The minimum atomic E-state index is -2.88. The number of halogens is 2. The van der Waals surface area contributed by atoms with E-state index in [0.717, 1.165) is 5.56 Å². The number of nitrogens with one attached hydrogen (secondary N) is 2. The van der Waals surface area contributed by atoms with E-state index in [1.54, 1.807) is 13.2 Å². The fourth-order valence-corrected chi connectivity index (χ4v) is 1.92. The maximum Gasteiger partial charge on any atom is 0.387 e. The van der Waals surface area contributed by atoms with E-state index in [9.17, 15) is 13.6 Å². The molecule has 0 aromatic heterocycles. The molecule has 2 rings (SSSR count). The van der Waals surface area contributed by atoms with E-state index in [-0.39, 0.29) is 5.75 Å². The molecule has 0 unspecified atom stereocenters. The summed E-state index contributed by atoms with van der Waals surface area (Å²) >= 11 is 0. The standard InChI is InChI=1S/C16H16F2N2O3/c1-22-14-5-3-2-4-11(14)10-19-16(21)20-12-6-8-13(9-7-12)23-15(17)18/h2-9,15H,10H2,1H3,(H2,19,20,21). The summed E-state index contributed by atoms with van der Waals surface area (Å²) in [5, 5.41) is 5.28. The molecule has 2 amide bonds. The number of para-hydroxylation sites is 1. The summed E-state index contributed by atoms with van der Waals surface area (Å²) in [5.41, 5.74) is 1.30. The Hall–Kier alpha value is -2.83. The van der Waals surface area contributed by atoms with Gasteiger partial charge in [0.1, 0.15) is 11.5 Å². The van der Waals surface area contributed by atoms with Gasteiger partial charge in [0.15, 0.2) is 0 Å². The number of amides is 2. The summed E-state index contributed by atoms with van der Waals surface area (Å²) < 4.78 is 33.5. The zero-order chi connectivity index (χ0) is 16.7. The van der Waals surface area contributed by atoms with Gasteiger partial charge in [0.05, 0.1) is 7.11 Å². The summed E-state index contributed by atoms with van der Waals surface area (Å²) in [4.78, 5) is 11.8. The third kappa shape index (κ3) is 5.14. The van der Waals surface area contributed by atoms with Crippen LogP contribution in [-0.2, 0) is 6.54 Å². The van der Waals surface area contributed by atoms with Crippen LogP contribution >= 0.6 is 0 Å². The van der Waals surface area contributed by atoms with E-state index in [0.29, 0.717) is 18.0 Å². The number of anilines is 1. The number of ether oxygens (including phenoxy) is 2. The van der Waals surface area contributed by atoms with Gasteiger partial charge in [-0.1, -0.05) is 18.2 Å². The molecule has 2 aromatic rings. The average Bonchev–Trinajstić information content (AvgIpc) is 2.54. The van der Waals surface area contributed by atoms with E-state index < -0.39 is 12.6 Å². The van der Waals surface area contributed by atoms with Crippen LogP contribution in [0.3, 0.4) is 0 Å². The Bertz CT molecular complexity index is 648. The third-order valence-corrected chi connectivity index (χ3v) is 2.97. The van der Waals surface area contributed by atoms with Crippen LogP contribution in [0.4, 0.5) is 19.3 Å². The Balaban J connectivity index is 1.87. The van der Waals surface area contributed by atoms with Crippen molar-refractivity contribution < 1.29 is 23.0 Å². The Kier molecular flexibility index (Phi) is 5.74. The highest BCUT2D eigenvalue weighted by molar-refractivity contribution is 5.89. The Morgan fingerprint density at radius 1 is 1.13 bits per heavy atom. The number of hydrogen-bond acceptors (Lipinski definition) is 3. The van der Waals surface area contributed by atoms with E-state index >= 15 is 0 Å². The maximum atomic E-state index is 12.0. The molecule has 122 valence electrons. The summed E-state index contributed by atoms with van der Waals surface area (Å²) in [5.74, 6) is 0.710. The Morgan fingerprint density at radius 3 is 2.48 bits per heavy atom. The zero-order valence-electron chi connectivity index (χ0n) is 12.4.